The molecule has 23 heavy (non-hydrogen) atoms. The summed E-state index contributed by atoms with van der Waals surface area (Å²) in [5.41, 5.74) is 2.68. The zero-order valence-corrected chi connectivity index (χ0v) is 13.9. The third-order valence-electron chi connectivity index (χ3n) is 4.12. The van der Waals surface area contributed by atoms with Gasteiger partial charge >= 0.3 is 0 Å². The van der Waals surface area contributed by atoms with Gasteiger partial charge < -0.3 is 10.3 Å². The SMILES string of the molecule is C[C@H](N[C@H](C)c1ccccc1Cl)C(=O)c1c[nH]c2ccccc12. The largest absolute Gasteiger partial charge is 0.360 e. The van der Waals surface area contributed by atoms with E-state index in [2.05, 4.69) is 10.3 Å². The highest BCUT2D eigenvalue weighted by atomic mass is 35.5. The van der Waals surface area contributed by atoms with Crippen LogP contribution in [0.5, 0.6) is 0 Å². The predicted octanol–water partition coefficient (Wildman–Crippen LogP) is 4.74. The molecule has 0 saturated heterocycles. The molecule has 4 heteroatoms. The van der Waals surface area contributed by atoms with Crippen molar-refractivity contribution in [1.82, 2.24) is 10.3 Å². The summed E-state index contributed by atoms with van der Waals surface area (Å²) in [5, 5.41) is 5.00. The molecule has 0 amide bonds. The van der Waals surface area contributed by atoms with E-state index < -0.39 is 0 Å². The summed E-state index contributed by atoms with van der Waals surface area (Å²) in [5.74, 6) is 0.0707. The summed E-state index contributed by atoms with van der Waals surface area (Å²) >= 11 is 6.23. The molecule has 2 aromatic carbocycles. The van der Waals surface area contributed by atoms with Crippen molar-refractivity contribution in [2.24, 2.45) is 0 Å². The van der Waals surface area contributed by atoms with Gasteiger partial charge in [0, 0.05) is 33.7 Å². The van der Waals surface area contributed by atoms with Gasteiger partial charge in [-0.3, -0.25) is 4.79 Å². The Balaban J connectivity index is 1.79. The van der Waals surface area contributed by atoms with Crippen LogP contribution in [0.25, 0.3) is 10.9 Å². The van der Waals surface area contributed by atoms with Crippen LogP contribution in [0.4, 0.5) is 0 Å². The van der Waals surface area contributed by atoms with Crippen LogP contribution in [0.15, 0.2) is 54.7 Å². The molecule has 0 spiro atoms. The van der Waals surface area contributed by atoms with E-state index in [0.29, 0.717) is 10.6 Å². The second kappa shape index (κ2) is 6.57. The lowest BCUT2D eigenvalue weighted by molar-refractivity contribution is 0.0947. The third kappa shape index (κ3) is 3.16. The number of aromatic nitrogens is 1. The zero-order chi connectivity index (χ0) is 16.4. The second-order valence-electron chi connectivity index (χ2n) is 5.74. The average molecular weight is 327 g/mol. The maximum absolute atomic E-state index is 12.8. The number of benzene rings is 2. The molecule has 3 rings (SSSR count). The van der Waals surface area contributed by atoms with E-state index in [0.717, 1.165) is 16.5 Å². The Hall–Kier alpha value is -2.10. The Morgan fingerprint density at radius 1 is 1.09 bits per heavy atom. The van der Waals surface area contributed by atoms with Crippen LogP contribution in [0.1, 0.15) is 35.8 Å². The molecule has 0 fully saturated rings. The fourth-order valence-corrected chi connectivity index (χ4v) is 3.17. The molecule has 0 saturated carbocycles. The van der Waals surface area contributed by atoms with Gasteiger partial charge in [0.15, 0.2) is 5.78 Å². The van der Waals surface area contributed by atoms with Gasteiger partial charge in [0.1, 0.15) is 0 Å². The maximum Gasteiger partial charge on any atom is 0.181 e. The lowest BCUT2D eigenvalue weighted by atomic mass is 10.0. The molecule has 0 radical (unpaired) electrons. The minimum atomic E-state index is -0.305. The van der Waals surface area contributed by atoms with Crippen molar-refractivity contribution in [3.05, 3.63) is 70.9 Å². The number of nitrogens with one attached hydrogen (secondary N) is 2. The lowest BCUT2D eigenvalue weighted by Gasteiger charge is -2.20. The smallest absolute Gasteiger partial charge is 0.181 e. The van der Waals surface area contributed by atoms with Crippen LogP contribution < -0.4 is 5.32 Å². The molecule has 3 nitrogen and oxygen atoms in total. The second-order valence-corrected chi connectivity index (χ2v) is 6.15. The van der Waals surface area contributed by atoms with Crippen molar-refractivity contribution < 1.29 is 4.79 Å². The molecular formula is C19H19ClN2O. The molecule has 118 valence electrons. The van der Waals surface area contributed by atoms with Crippen LogP contribution in [-0.2, 0) is 0 Å². The van der Waals surface area contributed by atoms with E-state index in [9.17, 15) is 4.79 Å². The van der Waals surface area contributed by atoms with Crippen molar-refractivity contribution in [3.63, 3.8) is 0 Å². The minimum absolute atomic E-state index is 0.00661. The number of halogens is 1. The molecule has 2 atom stereocenters. The first-order valence-electron chi connectivity index (χ1n) is 7.68. The molecule has 3 aromatic rings. The van der Waals surface area contributed by atoms with Gasteiger partial charge in [-0.15, -0.1) is 0 Å². The predicted molar refractivity (Wildman–Crippen MR) is 95.1 cm³/mol. The Morgan fingerprint density at radius 2 is 1.78 bits per heavy atom. The molecule has 0 bridgehead atoms. The number of para-hydroxylation sites is 1. The molecule has 0 aliphatic carbocycles. The van der Waals surface area contributed by atoms with Gasteiger partial charge in [-0.1, -0.05) is 48.0 Å². The number of fused-ring (bicyclic) bond motifs is 1. The number of hydrogen-bond donors (Lipinski definition) is 2. The van der Waals surface area contributed by atoms with E-state index in [1.165, 1.54) is 0 Å². The monoisotopic (exact) mass is 326 g/mol. The Kier molecular flexibility index (Phi) is 4.51. The number of Topliss-reactive ketones (excluding diaryl/α,β-unsaturated/α-hetero) is 1. The number of aromatic amines is 1. The summed E-state index contributed by atoms with van der Waals surface area (Å²) in [6.45, 7) is 3.90. The lowest BCUT2D eigenvalue weighted by Crippen LogP contribution is -2.35. The number of carbonyl (C=O) groups excluding carboxylic acids is 1. The first-order valence-corrected chi connectivity index (χ1v) is 8.06. The highest BCUT2D eigenvalue weighted by Gasteiger charge is 2.21. The van der Waals surface area contributed by atoms with Gasteiger partial charge in [-0.2, -0.15) is 0 Å². The first kappa shape index (κ1) is 15.8. The van der Waals surface area contributed by atoms with E-state index in [1.54, 1.807) is 6.20 Å². The fraction of sp³-hybridized carbons (Fsp3) is 0.211. The van der Waals surface area contributed by atoms with Gasteiger partial charge in [0.25, 0.3) is 0 Å². The van der Waals surface area contributed by atoms with E-state index >= 15 is 0 Å². The normalized spacial score (nSPS) is 13.9. The minimum Gasteiger partial charge on any atom is -0.360 e. The highest BCUT2D eigenvalue weighted by Crippen LogP contribution is 2.24. The maximum atomic E-state index is 12.8. The van der Waals surface area contributed by atoms with Crippen LogP contribution in [0.3, 0.4) is 0 Å². The van der Waals surface area contributed by atoms with Gasteiger partial charge in [0.05, 0.1) is 6.04 Å². The summed E-state index contributed by atoms with van der Waals surface area (Å²) in [7, 11) is 0. The molecule has 0 unspecified atom stereocenters. The molecule has 1 heterocycles. The van der Waals surface area contributed by atoms with E-state index in [1.807, 2.05) is 62.4 Å². The summed E-state index contributed by atoms with van der Waals surface area (Å²) in [6.07, 6.45) is 1.78. The van der Waals surface area contributed by atoms with Crippen LogP contribution in [-0.4, -0.2) is 16.8 Å². The summed E-state index contributed by atoms with van der Waals surface area (Å²) in [4.78, 5) is 15.9. The molecule has 2 N–H and O–H groups in total. The van der Waals surface area contributed by atoms with Crippen LogP contribution in [0, 0.1) is 0 Å². The Morgan fingerprint density at radius 3 is 2.57 bits per heavy atom. The van der Waals surface area contributed by atoms with Gasteiger partial charge in [0.2, 0.25) is 0 Å². The average Bonchev–Trinajstić information content (AvgIpc) is 2.98. The highest BCUT2D eigenvalue weighted by molar-refractivity contribution is 6.31. The zero-order valence-electron chi connectivity index (χ0n) is 13.1. The molecule has 1 aromatic heterocycles. The van der Waals surface area contributed by atoms with E-state index in [-0.39, 0.29) is 17.9 Å². The Labute approximate surface area is 140 Å². The van der Waals surface area contributed by atoms with Gasteiger partial charge in [-0.05, 0) is 31.5 Å². The van der Waals surface area contributed by atoms with Crippen LogP contribution >= 0.6 is 11.6 Å². The first-order chi connectivity index (χ1) is 11.1. The fourth-order valence-electron chi connectivity index (χ4n) is 2.88. The number of ketones is 1. The van der Waals surface area contributed by atoms with E-state index in [4.69, 9.17) is 11.6 Å². The number of hydrogen-bond acceptors (Lipinski definition) is 2. The molecule has 0 aliphatic heterocycles. The molecular weight excluding hydrogens is 308 g/mol. The number of H-pyrrole nitrogens is 1. The van der Waals surface area contributed by atoms with Crippen LogP contribution in [0.2, 0.25) is 5.02 Å². The molecule has 0 aliphatic rings. The van der Waals surface area contributed by atoms with Crippen molar-refractivity contribution in [1.29, 1.82) is 0 Å². The van der Waals surface area contributed by atoms with Crippen molar-refractivity contribution in [3.8, 4) is 0 Å². The quantitative estimate of drug-likeness (QED) is 0.665. The standard InChI is InChI=1S/C19H19ClN2O/c1-12(14-7-3-5-9-17(14)20)22-13(2)19(23)16-11-21-18-10-6-4-8-15(16)18/h3-13,21-22H,1-2H3/t12-,13+/m1/s1. The van der Waals surface area contributed by atoms with Crippen molar-refractivity contribution in [2.45, 2.75) is 25.9 Å². The number of rotatable bonds is 5. The third-order valence-corrected chi connectivity index (χ3v) is 4.46. The van der Waals surface area contributed by atoms with Crippen molar-refractivity contribution in [2.75, 3.05) is 0 Å². The van der Waals surface area contributed by atoms with Gasteiger partial charge in [-0.25, -0.2) is 0 Å². The summed E-state index contributed by atoms with van der Waals surface area (Å²) in [6, 6.07) is 15.2. The topological polar surface area (TPSA) is 44.9 Å². The number of carbonyl (C=O) groups is 1. The van der Waals surface area contributed by atoms with Crippen molar-refractivity contribution >= 4 is 28.3 Å². The summed E-state index contributed by atoms with van der Waals surface area (Å²) < 4.78 is 0. The Bertz CT molecular complexity index is 840.